The Balaban J connectivity index is 2.05. The van der Waals surface area contributed by atoms with Crippen LogP contribution in [0.15, 0.2) is 18.3 Å². The fourth-order valence-corrected chi connectivity index (χ4v) is 2.47. The number of anilines is 2. The van der Waals surface area contributed by atoms with Gasteiger partial charge in [-0.3, -0.25) is 0 Å². The SMILES string of the molecule is CCNc1ncc(Cl)c(NCc2ccc(C)s2)n1. The van der Waals surface area contributed by atoms with Crippen LogP contribution in [-0.4, -0.2) is 16.5 Å². The maximum absolute atomic E-state index is 6.06. The van der Waals surface area contributed by atoms with Gasteiger partial charge in [-0.05, 0) is 26.0 Å². The molecule has 2 N–H and O–H groups in total. The third-order valence-corrected chi connectivity index (χ3v) is 3.58. The molecule has 2 rings (SSSR count). The van der Waals surface area contributed by atoms with Gasteiger partial charge >= 0.3 is 0 Å². The second kappa shape index (κ2) is 6.02. The number of aromatic nitrogens is 2. The molecule has 18 heavy (non-hydrogen) atoms. The van der Waals surface area contributed by atoms with Gasteiger partial charge in [-0.1, -0.05) is 11.6 Å². The standard InChI is InChI=1S/C12H15ClN4S/c1-3-14-12-16-7-10(13)11(17-12)15-6-9-5-4-8(2)18-9/h4-5,7H,3,6H2,1-2H3,(H2,14,15,16,17). The summed E-state index contributed by atoms with van der Waals surface area (Å²) >= 11 is 7.82. The minimum absolute atomic E-state index is 0.532. The van der Waals surface area contributed by atoms with Crippen molar-refractivity contribution in [2.75, 3.05) is 17.2 Å². The Kier molecular flexibility index (Phi) is 4.38. The maximum atomic E-state index is 6.06. The lowest BCUT2D eigenvalue weighted by atomic mass is 10.4. The highest BCUT2D eigenvalue weighted by molar-refractivity contribution is 7.11. The molecule has 0 fully saturated rings. The summed E-state index contributed by atoms with van der Waals surface area (Å²) in [6.07, 6.45) is 1.61. The fourth-order valence-electron chi connectivity index (χ4n) is 1.49. The molecule has 0 unspecified atom stereocenters. The van der Waals surface area contributed by atoms with E-state index in [9.17, 15) is 0 Å². The molecule has 0 saturated heterocycles. The van der Waals surface area contributed by atoms with Crippen LogP contribution < -0.4 is 10.6 Å². The Morgan fingerprint density at radius 2 is 2.17 bits per heavy atom. The summed E-state index contributed by atoms with van der Waals surface area (Å²) in [4.78, 5) is 11.0. The molecular formula is C12H15ClN4S. The summed E-state index contributed by atoms with van der Waals surface area (Å²) < 4.78 is 0. The van der Waals surface area contributed by atoms with Gasteiger partial charge in [0.1, 0.15) is 5.02 Å². The van der Waals surface area contributed by atoms with Gasteiger partial charge in [0.2, 0.25) is 5.95 Å². The van der Waals surface area contributed by atoms with E-state index >= 15 is 0 Å². The van der Waals surface area contributed by atoms with Crippen LogP contribution in [-0.2, 0) is 6.54 Å². The average Bonchev–Trinajstić information content (AvgIpc) is 2.76. The van der Waals surface area contributed by atoms with Gasteiger partial charge in [-0.2, -0.15) is 4.98 Å². The molecule has 0 aliphatic rings. The number of rotatable bonds is 5. The summed E-state index contributed by atoms with van der Waals surface area (Å²) in [5.41, 5.74) is 0. The van der Waals surface area contributed by atoms with E-state index in [4.69, 9.17) is 11.6 Å². The molecule has 0 atom stereocenters. The highest BCUT2D eigenvalue weighted by Crippen LogP contribution is 2.22. The molecule has 0 amide bonds. The summed E-state index contributed by atoms with van der Waals surface area (Å²) in [5.74, 6) is 1.25. The van der Waals surface area contributed by atoms with Crippen molar-refractivity contribution >= 4 is 34.7 Å². The van der Waals surface area contributed by atoms with Crippen molar-refractivity contribution in [2.45, 2.75) is 20.4 Å². The van der Waals surface area contributed by atoms with E-state index in [1.54, 1.807) is 17.5 Å². The van der Waals surface area contributed by atoms with Crippen molar-refractivity contribution in [1.82, 2.24) is 9.97 Å². The third kappa shape index (κ3) is 3.34. The second-order valence-corrected chi connectivity index (χ2v) is 5.57. The molecule has 4 nitrogen and oxygen atoms in total. The summed E-state index contributed by atoms with van der Waals surface area (Å²) in [6.45, 7) is 5.60. The van der Waals surface area contributed by atoms with Gasteiger partial charge in [0.25, 0.3) is 0 Å². The summed E-state index contributed by atoms with van der Waals surface area (Å²) in [7, 11) is 0. The molecular weight excluding hydrogens is 268 g/mol. The lowest BCUT2D eigenvalue weighted by molar-refractivity contribution is 1.06. The number of aryl methyl sites for hydroxylation is 1. The van der Waals surface area contributed by atoms with E-state index in [1.807, 2.05) is 6.92 Å². The van der Waals surface area contributed by atoms with Crippen molar-refractivity contribution in [3.05, 3.63) is 33.1 Å². The lowest BCUT2D eigenvalue weighted by Crippen LogP contribution is -2.06. The van der Waals surface area contributed by atoms with Crippen LogP contribution >= 0.6 is 22.9 Å². The first-order valence-corrected chi connectivity index (χ1v) is 6.94. The lowest BCUT2D eigenvalue weighted by Gasteiger charge is -2.08. The molecule has 0 aliphatic carbocycles. The van der Waals surface area contributed by atoms with Gasteiger partial charge < -0.3 is 10.6 Å². The topological polar surface area (TPSA) is 49.8 Å². The highest BCUT2D eigenvalue weighted by Gasteiger charge is 2.05. The highest BCUT2D eigenvalue weighted by atomic mass is 35.5. The van der Waals surface area contributed by atoms with Crippen molar-refractivity contribution in [2.24, 2.45) is 0 Å². The molecule has 2 aromatic rings. The first-order chi connectivity index (χ1) is 8.69. The van der Waals surface area contributed by atoms with Crippen LogP contribution in [0.25, 0.3) is 0 Å². The van der Waals surface area contributed by atoms with Crippen molar-refractivity contribution in [3.63, 3.8) is 0 Å². The molecule has 2 aromatic heterocycles. The van der Waals surface area contributed by atoms with E-state index in [0.717, 1.165) is 13.1 Å². The molecule has 96 valence electrons. The van der Waals surface area contributed by atoms with E-state index < -0.39 is 0 Å². The van der Waals surface area contributed by atoms with Gasteiger partial charge in [-0.25, -0.2) is 4.98 Å². The van der Waals surface area contributed by atoms with Gasteiger partial charge in [0.15, 0.2) is 5.82 Å². The van der Waals surface area contributed by atoms with E-state index in [0.29, 0.717) is 16.8 Å². The van der Waals surface area contributed by atoms with E-state index in [1.165, 1.54) is 9.75 Å². The van der Waals surface area contributed by atoms with Crippen LogP contribution in [0.3, 0.4) is 0 Å². The van der Waals surface area contributed by atoms with Gasteiger partial charge in [0, 0.05) is 16.3 Å². The zero-order valence-corrected chi connectivity index (χ0v) is 11.9. The number of halogens is 1. The number of hydrogen-bond acceptors (Lipinski definition) is 5. The number of thiophene rings is 1. The predicted molar refractivity (Wildman–Crippen MR) is 77.6 cm³/mol. The monoisotopic (exact) mass is 282 g/mol. The van der Waals surface area contributed by atoms with Gasteiger partial charge in [0.05, 0.1) is 12.7 Å². The normalized spacial score (nSPS) is 10.4. The Morgan fingerprint density at radius 1 is 1.33 bits per heavy atom. The van der Waals surface area contributed by atoms with E-state index in [2.05, 4.69) is 39.7 Å². The first-order valence-electron chi connectivity index (χ1n) is 5.74. The van der Waals surface area contributed by atoms with Crippen molar-refractivity contribution in [3.8, 4) is 0 Å². The van der Waals surface area contributed by atoms with Crippen molar-refractivity contribution in [1.29, 1.82) is 0 Å². The number of hydrogen-bond donors (Lipinski definition) is 2. The number of nitrogens with one attached hydrogen (secondary N) is 2. The zero-order valence-electron chi connectivity index (χ0n) is 10.3. The van der Waals surface area contributed by atoms with Crippen molar-refractivity contribution < 1.29 is 0 Å². The zero-order chi connectivity index (χ0) is 13.0. The van der Waals surface area contributed by atoms with Gasteiger partial charge in [-0.15, -0.1) is 11.3 Å². The smallest absolute Gasteiger partial charge is 0.224 e. The first kappa shape index (κ1) is 13.1. The van der Waals surface area contributed by atoms with Crippen LogP contribution in [0.1, 0.15) is 16.7 Å². The second-order valence-electron chi connectivity index (χ2n) is 3.79. The molecule has 2 heterocycles. The molecule has 0 bridgehead atoms. The predicted octanol–water partition coefficient (Wildman–Crippen LogP) is 3.54. The minimum atomic E-state index is 0.532. The Labute approximate surface area is 115 Å². The third-order valence-electron chi connectivity index (χ3n) is 2.31. The molecule has 0 spiro atoms. The summed E-state index contributed by atoms with van der Waals surface area (Å²) in [5, 5.41) is 6.82. The Bertz CT molecular complexity index is 527. The molecule has 0 radical (unpaired) electrons. The van der Waals surface area contributed by atoms with Crippen LogP contribution in [0.5, 0.6) is 0 Å². The average molecular weight is 283 g/mol. The fraction of sp³-hybridized carbons (Fsp3) is 0.333. The Morgan fingerprint density at radius 3 is 2.83 bits per heavy atom. The largest absolute Gasteiger partial charge is 0.364 e. The van der Waals surface area contributed by atoms with Crippen LogP contribution in [0, 0.1) is 6.92 Å². The Hall–Kier alpha value is -1.33. The minimum Gasteiger partial charge on any atom is -0.364 e. The summed E-state index contributed by atoms with van der Waals surface area (Å²) in [6, 6.07) is 4.21. The van der Waals surface area contributed by atoms with E-state index in [-0.39, 0.29) is 0 Å². The maximum Gasteiger partial charge on any atom is 0.224 e. The molecule has 0 saturated carbocycles. The molecule has 0 aliphatic heterocycles. The van der Waals surface area contributed by atoms with Crippen LogP contribution in [0.4, 0.5) is 11.8 Å². The molecule has 0 aromatic carbocycles. The van der Waals surface area contributed by atoms with Crippen LogP contribution in [0.2, 0.25) is 5.02 Å². The number of nitrogens with zero attached hydrogens (tertiary/aromatic N) is 2. The molecule has 6 heteroatoms. The quantitative estimate of drug-likeness (QED) is 0.881.